The summed E-state index contributed by atoms with van der Waals surface area (Å²) in [5, 5.41) is 2.98. The quantitative estimate of drug-likeness (QED) is 0.385. The number of halogens is 1. The molecule has 1 rings (SSSR count). The van der Waals surface area contributed by atoms with Gasteiger partial charge in [0, 0.05) is 32.1 Å². The molecule has 1 aliphatic rings. The zero-order valence-corrected chi connectivity index (χ0v) is 14.1. The summed E-state index contributed by atoms with van der Waals surface area (Å²) in [6.07, 6.45) is 1.00. The molecule has 0 saturated carbocycles. The molecule has 0 aromatic heterocycles. The predicted molar refractivity (Wildman–Crippen MR) is 84.7 cm³/mol. The lowest BCUT2D eigenvalue weighted by molar-refractivity contribution is 0.208. The molecule has 1 fully saturated rings. The number of nitrogens with one attached hydrogen (secondary N) is 1. The number of nitrogens with zero attached hydrogens (tertiary/aromatic N) is 2. The molecule has 0 aromatic carbocycles. The van der Waals surface area contributed by atoms with Crippen molar-refractivity contribution in [3.8, 4) is 0 Å². The van der Waals surface area contributed by atoms with E-state index in [2.05, 4.69) is 17.2 Å². The fraction of sp³-hybridized carbons (Fsp3) is 0.900. The summed E-state index contributed by atoms with van der Waals surface area (Å²) in [5.74, 6) is 0.922. The van der Waals surface area contributed by atoms with Gasteiger partial charge in [-0.2, -0.15) is 0 Å². The van der Waals surface area contributed by atoms with Gasteiger partial charge in [-0.15, -0.1) is 24.0 Å². The first kappa shape index (κ1) is 17.9. The molecule has 0 amide bonds. The van der Waals surface area contributed by atoms with E-state index in [1.807, 2.05) is 0 Å². The highest BCUT2D eigenvalue weighted by Crippen LogP contribution is 2.19. The molecule has 0 spiro atoms. The van der Waals surface area contributed by atoms with Crippen LogP contribution in [0.2, 0.25) is 0 Å². The molecule has 8 heteroatoms. The van der Waals surface area contributed by atoms with Crippen molar-refractivity contribution in [2.24, 2.45) is 16.6 Å². The van der Waals surface area contributed by atoms with Crippen LogP contribution < -0.4 is 11.1 Å². The Labute approximate surface area is 126 Å². The summed E-state index contributed by atoms with van der Waals surface area (Å²) in [4.78, 5) is 4.19. The molecule has 6 nitrogen and oxygen atoms in total. The lowest BCUT2D eigenvalue weighted by Crippen LogP contribution is -2.51. The number of nitrogens with two attached hydrogens (primary N) is 1. The Balaban J connectivity index is 0.00000289. The molecule has 0 atom stereocenters. The molecule has 18 heavy (non-hydrogen) atoms. The molecule has 1 saturated heterocycles. The van der Waals surface area contributed by atoms with E-state index in [-0.39, 0.29) is 29.7 Å². The van der Waals surface area contributed by atoms with E-state index in [0.717, 1.165) is 13.0 Å². The van der Waals surface area contributed by atoms with E-state index in [4.69, 9.17) is 5.73 Å². The van der Waals surface area contributed by atoms with E-state index >= 15 is 0 Å². The van der Waals surface area contributed by atoms with Crippen molar-refractivity contribution >= 4 is 40.0 Å². The Hall–Kier alpha value is -0.0900. The Kier molecular flexibility index (Phi) is 8.11. The zero-order valence-electron chi connectivity index (χ0n) is 10.9. The van der Waals surface area contributed by atoms with E-state index in [0.29, 0.717) is 31.5 Å². The van der Waals surface area contributed by atoms with Crippen LogP contribution in [0.3, 0.4) is 0 Å². The minimum absolute atomic E-state index is 0. The van der Waals surface area contributed by atoms with Crippen molar-refractivity contribution < 1.29 is 8.42 Å². The molecule has 0 aliphatic carbocycles. The zero-order chi connectivity index (χ0) is 12.9. The van der Waals surface area contributed by atoms with Crippen LogP contribution in [0, 0.1) is 5.92 Å². The lowest BCUT2D eigenvalue weighted by atomic mass is 10.0. The maximum absolute atomic E-state index is 11.5. The highest BCUT2D eigenvalue weighted by atomic mass is 127. The van der Waals surface area contributed by atoms with Gasteiger partial charge < -0.3 is 11.1 Å². The summed E-state index contributed by atoms with van der Waals surface area (Å²) in [7, 11) is -3.01. The van der Waals surface area contributed by atoms with E-state index in [1.54, 1.807) is 6.92 Å². The second kappa shape index (κ2) is 8.16. The van der Waals surface area contributed by atoms with E-state index in [1.165, 1.54) is 4.31 Å². The van der Waals surface area contributed by atoms with Crippen molar-refractivity contribution in [3.05, 3.63) is 0 Å². The average molecular weight is 390 g/mol. The van der Waals surface area contributed by atoms with Gasteiger partial charge in [-0.25, -0.2) is 12.7 Å². The molecule has 0 aromatic rings. The normalized spacial score (nSPS) is 18.0. The van der Waals surface area contributed by atoms with Crippen LogP contribution in [0.4, 0.5) is 0 Å². The second-order valence-electron chi connectivity index (χ2n) is 4.24. The van der Waals surface area contributed by atoms with Gasteiger partial charge in [0.25, 0.3) is 0 Å². The molecule has 3 N–H and O–H groups in total. The van der Waals surface area contributed by atoms with Crippen molar-refractivity contribution in [3.63, 3.8) is 0 Å². The fourth-order valence-electron chi connectivity index (χ4n) is 1.58. The first-order valence-electron chi connectivity index (χ1n) is 6.01. The van der Waals surface area contributed by atoms with E-state index in [9.17, 15) is 8.42 Å². The number of aliphatic imine (C=N–C) groups is 1. The Bertz CT molecular complexity index is 366. The van der Waals surface area contributed by atoms with Crippen molar-refractivity contribution in [1.82, 2.24) is 9.62 Å². The highest BCUT2D eigenvalue weighted by Gasteiger charge is 2.34. The standard InChI is InChI=1S/C10H22N4O2S.HI/c1-3-5-12-10(11)13-6-9-7-14(8-9)17(15,16)4-2;/h9H,3-8H2,1-2H3,(H3,11,12,13);1H. The Morgan fingerprint density at radius 3 is 2.56 bits per heavy atom. The van der Waals surface area contributed by atoms with E-state index < -0.39 is 10.0 Å². The van der Waals surface area contributed by atoms with Crippen LogP contribution in [0.1, 0.15) is 20.3 Å². The predicted octanol–water partition coefficient (Wildman–Crippen LogP) is 0.200. The topological polar surface area (TPSA) is 87.8 Å². The second-order valence-corrected chi connectivity index (χ2v) is 6.49. The number of guanidine groups is 1. The Morgan fingerprint density at radius 2 is 2.06 bits per heavy atom. The molecular formula is C10H23IN4O2S. The average Bonchev–Trinajstić information content (AvgIpc) is 2.23. The smallest absolute Gasteiger partial charge is 0.213 e. The van der Waals surface area contributed by atoms with Gasteiger partial charge in [0.15, 0.2) is 5.96 Å². The van der Waals surface area contributed by atoms with Gasteiger partial charge in [-0.05, 0) is 13.3 Å². The van der Waals surface area contributed by atoms with Gasteiger partial charge >= 0.3 is 0 Å². The number of rotatable bonds is 6. The lowest BCUT2D eigenvalue weighted by Gasteiger charge is -2.37. The third kappa shape index (κ3) is 5.27. The third-order valence-corrected chi connectivity index (χ3v) is 4.57. The maximum Gasteiger partial charge on any atom is 0.213 e. The summed E-state index contributed by atoms with van der Waals surface area (Å²) in [6.45, 7) is 6.27. The fourth-order valence-corrected chi connectivity index (χ4v) is 2.83. The molecular weight excluding hydrogens is 367 g/mol. The molecule has 0 bridgehead atoms. The monoisotopic (exact) mass is 390 g/mol. The Morgan fingerprint density at radius 1 is 1.44 bits per heavy atom. The minimum Gasteiger partial charge on any atom is -0.370 e. The van der Waals surface area contributed by atoms with Gasteiger partial charge in [0.05, 0.1) is 5.75 Å². The van der Waals surface area contributed by atoms with Crippen molar-refractivity contribution in [1.29, 1.82) is 0 Å². The van der Waals surface area contributed by atoms with Crippen LogP contribution in [0.25, 0.3) is 0 Å². The largest absolute Gasteiger partial charge is 0.370 e. The summed E-state index contributed by atoms with van der Waals surface area (Å²) in [6, 6.07) is 0. The van der Waals surface area contributed by atoms with Gasteiger partial charge in [0.2, 0.25) is 10.0 Å². The number of hydrogen-bond acceptors (Lipinski definition) is 3. The van der Waals surface area contributed by atoms with Crippen LogP contribution >= 0.6 is 24.0 Å². The van der Waals surface area contributed by atoms with Crippen LogP contribution in [0.15, 0.2) is 4.99 Å². The van der Waals surface area contributed by atoms with Crippen LogP contribution in [0.5, 0.6) is 0 Å². The van der Waals surface area contributed by atoms with Gasteiger partial charge in [-0.1, -0.05) is 6.92 Å². The summed E-state index contributed by atoms with van der Waals surface area (Å²) in [5.41, 5.74) is 5.64. The first-order valence-corrected chi connectivity index (χ1v) is 7.62. The molecule has 1 heterocycles. The van der Waals surface area contributed by atoms with Crippen LogP contribution in [-0.4, -0.2) is 50.6 Å². The first-order chi connectivity index (χ1) is 7.99. The van der Waals surface area contributed by atoms with Crippen LogP contribution in [-0.2, 0) is 10.0 Å². The molecule has 0 unspecified atom stereocenters. The molecule has 108 valence electrons. The van der Waals surface area contributed by atoms with Crippen molar-refractivity contribution in [2.45, 2.75) is 20.3 Å². The maximum atomic E-state index is 11.5. The summed E-state index contributed by atoms with van der Waals surface area (Å²) < 4.78 is 24.4. The highest BCUT2D eigenvalue weighted by molar-refractivity contribution is 14.0. The van der Waals surface area contributed by atoms with Crippen molar-refractivity contribution in [2.75, 3.05) is 31.9 Å². The van der Waals surface area contributed by atoms with Gasteiger partial charge in [-0.3, -0.25) is 4.99 Å². The SMILES string of the molecule is CCCNC(N)=NCC1CN(S(=O)(=O)CC)C1.I. The minimum atomic E-state index is -3.01. The molecule has 0 radical (unpaired) electrons. The molecule has 1 aliphatic heterocycles. The summed E-state index contributed by atoms with van der Waals surface area (Å²) >= 11 is 0. The third-order valence-electron chi connectivity index (χ3n) is 2.76. The number of hydrogen-bond donors (Lipinski definition) is 2. The van der Waals surface area contributed by atoms with Gasteiger partial charge in [0.1, 0.15) is 0 Å². The number of sulfonamides is 1.